The Morgan fingerprint density at radius 2 is 2.17 bits per heavy atom. The Hall–Kier alpha value is -3.15. The molecule has 0 radical (unpaired) electrons. The summed E-state index contributed by atoms with van der Waals surface area (Å²) in [5.41, 5.74) is 0.590. The molecule has 0 saturated carbocycles. The summed E-state index contributed by atoms with van der Waals surface area (Å²) in [6.45, 7) is 4.41. The summed E-state index contributed by atoms with van der Waals surface area (Å²) >= 11 is 0. The van der Waals surface area contributed by atoms with Crippen molar-refractivity contribution < 1.29 is 19.1 Å². The molecule has 29 heavy (non-hydrogen) atoms. The molecular formula is C20H27N5O4. The number of carbonyl (C=O) groups excluding carboxylic acids is 3. The number of nitrogens with zero attached hydrogens (tertiary/aromatic N) is 2. The Balaban J connectivity index is 1.91. The molecule has 3 atom stereocenters. The summed E-state index contributed by atoms with van der Waals surface area (Å²) in [5, 5.41) is 17.3. The quantitative estimate of drug-likeness (QED) is 0.570. The van der Waals surface area contributed by atoms with Gasteiger partial charge in [0.1, 0.15) is 18.7 Å². The van der Waals surface area contributed by atoms with E-state index in [-0.39, 0.29) is 30.8 Å². The first-order valence-electron chi connectivity index (χ1n) is 9.70. The highest BCUT2D eigenvalue weighted by Gasteiger charge is 2.30. The van der Waals surface area contributed by atoms with E-state index in [1.54, 1.807) is 24.4 Å². The highest BCUT2D eigenvalue weighted by atomic mass is 16.5. The van der Waals surface area contributed by atoms with E-state index < -0.39 is 24.1 Å². The van der Waals surface area contributed by atoms with Crippen LogP contribution in [0.5, 0.6) is 0 Å². The Bertz CT molecular complexity index is 747. The van der Waals surface area contributed by atoms with E-state index in [9.17, 15) is 19.6 Å². The minimum atomic E-state index is -0.848. The summed E-state index contributed by atoms with van der Waals surface area (Å²) < 4.78 is 5.13. The van der Waals surface area contributed by atoms with E-state index in [2.05, 4.69) is 20.9 Å². The molecule has 1 fully saturated rings. The third-order valence-electron chi connectivity index (χ3n) is 4.55. The third-order valence-corrected chi connectivity index (χ3v) is 4.55. The maximum atomic E-state index is 12.7. The van der Waals surface area contributed by atoms with Crippen molar-refractivity contribution in [1.29, 1.82) is 5.26 Å². The van der Waals surface area contributed by atoms with E-state index in [1.807, 2.05) is 19.9 Å². The van der Waals surface area contributed by atoms with Gasteiger partial charge in [0.15, 0.2) is 0 Å². The van der Waals surface area contributed by atoms with Crippen LogP contribution in [0.25, 0.3) is 0 Å². The molecule has 1 aliphatic rings. The fourth-order valence-corrected chi connectivity index (χ4v) is 3.08. The predicted molar refractivity (Wildman–Crippen MR) is 104 cm³/mol. The summed E-state index contributed by atoms with van der Waals surface area (Å²) in [6.07, 6.45) is 2.12. The minimum Gasteiger partial charge on any atom is -0.443 e. The molecule has 1 saturated heterocycles. The number of amides is 3. The lowest BCUT2D eigenvalue weighted by molar-refractivity contribution is -0.125. The van der Waals surface area contributed by atoms with E-state index >= 15 is 0 Å². The van der Waals surface area contributed by atoms with Gasteiger partial charge >= 0.3 is 6.09 Å². The fourth-order valence-electron chi connectivity index (χ4n) is 3.08. The summed E-state index contributed by atoms with van der Waals surface area (Å²) in [4.78, 5) is 40.6. The zero-order chi connectivity index (χ0) is 21.2. The van der Waals surface area contributed by atoms with Crippen molar-refractivity contribution in [1.82, 2.24) is 20.9 Å². The molecule has 0 aliphatic carbocycles. The first-order valence-corrected chi connectivity index (χ1v) is 9.70. The highest BCUT2D eigenvalue weighted by Crippen LogP contribution is 2.16. The topological polar surface area (TPSA) is 133 Å². The number of hydrogen-bond donors (Lipinski definition) is 3. The smallest absolute Gasteiger partial charge is 0.408 e. The predicted octanol–water partition coefficient (Wildman–Crippen LogP) is 1.26. The lowest BCUT2D eigenvalue weighted by atomic mass is 9.98. The normalized spacial score (nSPS) is 17.7. The summed E-state index contributed by atoms with van der Waals surface area (Å²) in [5.74, 6) is -0.740. The molecule has 2 heterocycles. The number of carbonyl (C=O) groups is 3. The second-order valence-corrected chi connectivity index (χ2v) is 7.43. The van der Waals surface area contributed by atoms with Crippen molar-refractivity contribution in [2.75, 3.05) is 6.54 Å². The van der Waals surface area contributed by atoms with Gasteiger partial charge in [-0.25, -0.2) is 4.79 Å². The van der Waals surface area contributed by atoms with Crippen LogP contribution in [-0.4, -0.2) is 41.5 Å². The van der Waals surface area contributed by atoms with Gasteiger partial charge < -0.3 is 20.7 Å². The van der Waals surface area contributed by atoms with Gasteiger partial charge in [-0.1, -0.05) is 19.9 Å². The number of alkyl carbamates (subject to hydrolysis) is 1. The van der Waals surface area contributed by atoms with Gasteiger partial charge in [-0.2, -0.15) is 5.26 Å². The number of nitrogens with one attached hydrogen (secondary N) is 3. The zero-order valence-corrected chi connectivity index (χ0v) is 16.7. The van der Waals surface area contributed by atoms with Crippen LogP contribution in [0.1, 0.15) is 38.8 Å². The van der Waals surface area contributed by atoms with Crippen LogP contribution in [0.4, 0.5) is 4.79 Å². The van der Waals surface area contributed by atoms with Gasteiger partial charge in [0.25, 0.3) is 0 Å². The van der Waals surface area contributed by atoms with Crippen molar-refractivity contribution in [3.63, 3.8) is 0 Å². The lowest BCUT2D eigenvalue weighted by Gasteiger charge is -2.22. The van der Waals surface area contributed by atoms with Crippen LogP contribution in [0.2, 0.25) is 0 Å². The highest BCUT2D eigenvalue weighted by molar-refractivity contribution is 5.86. The molecule has 1 aliphatic heterocycles. The molecule has 3 N–H and O–H groups in total. The molecule has 0 spiro atoms. The minimum absolute atomic E-state index is 0.0136. The maximum Gasteiger partial charge on any atom is 0.408 e. The van der Waals surface area contributed by atoms with Crippen LogP contribution < -0.4 is 16.0 Å². The van der Waals surface area contributed by atoms with Crippen molar-refractivity contribution >= 4 is 17.9 Å². The van der Waals surface area contributed by atoms with Gasteiger partial charge in [-0.15, -0.1) is 0 Å². The van der Waals surface area contributed by atoms with Crippen molar-refractivity contribution in [2.45, 2.75) is 51.8 Å². The largest absolute Gasteiger partial charge is 0.443 e. The van der Waals surface area contributed by atoms with Crippen LogP contribution in [0, 0.1) is 23.2 Å². The monoisotopic (exact) mass is 401 g/mol. The molecule has 3 amide bonds. The first kappa shape index (κ1) is 22.1. The van der Waals surface area contributed by atoms with Gasteiger partial charge in [0.2, 0.25) is 11.8 Å². The van der Waals surface area contributed by atoms with Crippen LogP contribution >= 0.6 is 0 Å². The Kier molecular flexibility index (Phi) is 8.40. The SMILES string of the molecule is CC(C)C[C@H](NC(=O)OCc1ccccn1)C(=O)N[C@H](C#N)C[C@@H]1CCNC1=O. The lowest BCUT2D eigenvalue weighted by Crippen LogP contribution is -2.50. The molecule has 1 aromatic heterocycles. The van der Waals surface area contributed by atoms with Gasteiger partial charge in [0, 0.05) is 18.7 Å². The first-order chi connectivity index (χ1) is 13.9. The Morgan fingerprint density at radius 3 is 2.76 bits per heavy atom. The molecule has 0 bridgehead atoms. The van der Waals surface area contributed by atoms with E-state index in [0.29, 0.717) is 25.1 Å². The van der Waals surface area contributed by atoms with Gasteiger partial charge in [-0.05, 0) is 37.3 Å². The van der Waals surface area contributed by atoms with Gasteiger partial charge in [-0.3, -0.25) is 14.6 Å². The average molecular weight is 401 g/mol. The van der Waals surface area contributed by atoms with Crippen LogP contribution in [-0.2, 0) is 20.9 Å². The summed E-state index contributed by atoms with van der Waals surface area (Å²) in [6, 6.07) is 5.63. The number of nitriles is 1. The van der Waals surface area contributed by atoms with Crippen LogP contribution in [0.3, 0.4) is 0 Å². The van der Waals surface area contributed by atoms with E-state index in [0.717, 1.165) is 0 Å². The number of ether oxygens (including phenoxy) is 1. The molecule has 0 unspecified atom stereocenters. The average Bonchev–Trinajstić information content (AvgIpc) is 3.10. The van der Waals surface area contributed by atoms with E-state index in [1.165, 1.54) is 0 Å². The van der Waals surface area contributed by atoms with Crippen molar-refractivity contribution in [2.24, 2.45) is 11.8 Å². The van der Waals surface area contributed by atoms with Crippen molar-refractivity contribution in [3.05, 3.63) is 30.1 Å². The zero-order valence-electron chi connectivity index (χ0n) is 16.7. The second-order valence-electron chi connectivity index (χ2n) is 7.43. The molecule has 9 nitrogen and oxygen atoms in total. The van der Waals surface area contributed by atoms with E-state index in [4.69, 9.17) is 4.74 Å². The molecule has 2 rings (SSSR count). The second kappa shape index (κ2) is 11.0. The fraction of sp³-hybridized carbons (Fsp3) is 0.550. The number of pyridine rings is 1. The molecule has 9 heteroatoms. The molecular weight excluding hydrogens is 374 g/mol. The number of rotatable bonds is 9. The standard InChI is InChI=1S/C20H27N5O4/c1-13(2)9-17(25-20(28)29-12-15-5-3-4-7-22-15)19(27)24-16(11-21)10-14-6-8-23-18(14)26/h3-5,7,13-14,16-17H,6,8-10,12H2,1-2H3,(H,23,26)(H,24,27)(H,25,28)/t14-,16-,17-/m0/s1. The number of aromatic nitrogens is 1. The van der Waals surface area contributed by atoms with Crippen molar-refractivity contribution in [3.8, 4) is 6.07 Å². The Labute approximate surface area is 170 Å². The van der Waals surface area contributed by atoms with Gasteiger partial charge in [0.05, 0.1) is 11.8 Å². The third kappa shape index (κ3) is 7.41. The van der Waals surface area contributed by atoms with Crippen LogP contribution in [0.15, 0.2) is 24.4 Å². The molecule has 156 valence electrons. The molecule has 0 aromatic carbocycles. The number of hydrogen-bond acceptors (Lipinski definition) is 6. The molecule has 1 aromatic rings. The maximum absolute atomic E-state index is 12.7. The summed E-state index contributed by atoms with van der Waals surface area (Å²) in [7, 11) is 0. The Morgan fingerprint density at radius 1 is 1.38 bits per heavy atom.